The predicted molar refractivity (Wildman–Crippen MR) is 96.0 cm³/mol. The summed E-state index contributed by atoms with van der Waals surface area (Å²) in [4.78, 5) is 23.4. The van der Waals surface area contributed by atoms with Gasteiger partial charge in [0.05, 0.1) is 4.92 Å². The van der Waals surface area contributed by atoms with Crippen LogP contribution in [-0.2, 0) is 13.1 Å². The van der Waals surface area contributed by atoms with Gasteiger partial charge in [-0.2, -0.15) is 5.10 Å². The summed E-state index contributed by atoms with van der Waals surface area (Å²) >= 11 is 0. The summed E-state index contributed by atoms with van der Waals surface area (Å²) in [6, 6.07) is 1.90. The molecule has 0 atom stereocenters. The smallest absolute Gasteiger partial charge is 0.312 e. The Morgan fingerprint density at radius 2 is 1.88 bits per heavy atom. The second kappa shape index (κ2) is 7.21. The number of rotatable bonds is 7. The molecule has 0 N–H and O–H groups in total. The molecule has 2 aromatic rings. The van der Waals surface area contributed by atoms with Crippen LogP contribution in [0.3, 0.4) is 0 Å². The number of ketones is 1. The van der Waals surface area contributed by atoms with E-state index in [1.54, 1.807) is 13.8 Å². The molecule has 0 bridgehead atoms. The summed E-state index contributed by atoms with van der Waals surface area (Å²) in [6.07, 6.45) is 1.05. The molecule has 0 aliphatic heterocycles. The Kier molecular flexibility index (Phi) is 5.45. The summed E-state index contributed by atoms with van der Waals surface area (Å²) < 4.78 is 3.59. The zero-order valence-electron chi connectivity index (χ0n) is 15.8. The third kappa shape index (κ3) is 3.81. The molecule has 136 valence electrons. The molecule has 0 spiro atoms. The molecule has 2 rings (SSSR count). The van der Waals surface area contributed by atoms with Gasteiger partial charge in [-0.25, -0.2) is 0 Å². The number of nitro groups is 1. The number of carbonyl (C=O) groups excluding carboxylic acids is 1. The van der Waals surface area contributed by atoms with Gasteiger partial charge in [-0.15, -0.1) is 0 Å². The quantitative estimate of drug-likeness (QED) is 0.434. The first-order valence-electron chi connectivity index (χ1n) is 8.51. The number of Topliss-reactive ketones (excluding diaryl/α,β-unsaturated/α-hetero) is 1. The molecule has 25 heavy (non-hydrogen) atoms. The first kappa shape index (κ1) is 18.9. The minimum atomic E-state index is -0.448. The van der Waals surface area contributed by atoms with E-state index in [0.717, 1.165) is 24.4 Å². The highest BCUT2D eigenvalue weighted by Crippen LogP contribution is 2.23. The molecule has 0 aliphatic rings. The van der Waals surface area contributed by atoms with Gasteiger partial charge < -0.3 is 4.57 Å². The van der Waals surface area contributed by atoms with Crippen molar-refractivity contribution in [2.45, 2.75) is 61.1 Å². The average molecular weight is 346 g/mol. The van der Waals surface area contributed by atoms with Crippen molar-refractivity contribution in [1.29, 1.82) is 0 Å². The van der Waals surface area contributed by atoms with Gasteiger partial charge in [-0.1, -0.05) is 13.8 Å². The lowest BCUT2D eigenvalue weighted by Gasteiger charge is -2.11. The number of nitrogens with zero attached hydrogens (tertiary/aromatic N) is 4. The van der Waals surface area contributed by atoms with Crippen LogP contribution in [0.4, 0.5) is 5.69 Å². The maximum Gasteiger partial charge on any atom is 0.312 e. The van der Waals surface area contributed by atoms with Gasteiger partial charge >= 0.3 is 5.69 Å². The molecule has 7 heteroatoms. The Hall–Kier alpha value is -2.44. The van der Waals surface area contributed by atoms with Crippen molar-refractivity contribution in [3.05, 3.63) is 44.5 Å². The molecule has 0 saturated heterocycles. The van der Waals surface area contributed by atoms with Crippen LogP contribution in [0.2, 0.25) is 0 Å². The summed E-state index contributed by atoms with van der Waals surface area (Å²) in [5.74, 6) is 0.514. The van der Waals surface area contributed by atoms with E-state index in [1.165, 1.54) is 4.68 Å². The van der Waals surface area contributed by atoms with Crippen LogP contribution in [-0.4, -0.2) is 25.1 Å². The van der Waals surface area contributed by atoms with Gasteiger partial charge in [0.1, 0.15) is 17.9 Å². The molecule has 0 radical (unpaired) electrons. The molecule has 0 saturated carbocycles. The number of hydrogen-bond donors (Lipinski definition) is 0. The lowest BCUT2D eigenvalue weighted by Crippen LogP contribution is -2.14. The summed E-state index contributed by atoms with van der Waals surface area (Å²) in [5.41, 5.74) is 3.38. The molecule has 0 aliphatic carbocycles. The van der Waals surface area contributed by atoms with Crippen LogP contribution < -0.4 is 0 Å². The third-order valence-electron chi connectivity index (χ3n) is 4.62. The van der Waals surface area contributed by atoms with Crippen molar-refractivity contribution in [2.24, 2.45) is 5.92 Å². The Labute approximate surface area is 147 Å². The number of hydrogen-bond acceptors (Lipinski definition) is 4. The maximum absolute atomic E-state index is 12.7. The standard InChI is InChI=1S/C18H26N4O3/c1-11(2)7-8-20-12(3)9-16(14(20)5)17(23)10-21-15(6)18(22(24)25)13(4)19-21/h9,11H,7-8,10H2,1-6H3. The van der Waals surface area contributed by atoms with E-state index in [1.807, 2.05) is 19.9 Å². The highest BCUT2D eigenvalue weighted by Gasteiger charge is 2.24. The van der Waals surface area contributed by atoms with Gasteiger partial charge in [-0.05, 0) is 46.1 Å². The van der Waals surface area contributed by atoms with Crippen LogP contribution in [0.25, 0.3) is 0 Å². The Bertz CT molecular complexity index is 815. The fourth-order valence-corrected chi connectivity index (χ4v) is 3.14. The predicted octanol–water partition coefficient (Wildman–Crippen LogP) is 3.76. The summed E-state index contributed by atoms with van der Waals surface area (Å²) in [7, 11) is 0. The van der Waals surface area contributed by atoms with Gasteiger partial charge in [0.25, 0.3) is 0 Å². The third-order valence-corrected chi connectivity index (χ3v) is 4.62. The second-order valence-electron chi connectivity index (χ2n) is 6.98. The fraction of sp³-hybridized carbons (Fsp3) is 0.556. The van der Waals surface area contributed by atoms with Crippen molar-refractivity contribution < 1.29 is 9.72 Å². The van der Waals surface area contributed by atoms with E-state index < -0.39 is 4.92 Å². The van der Waals surface area contributed by atoms with E-state index in [9.17, 15) is 14.9 Å². The van der Waals surface area contributed by atoms with E-state index in [2.05, 4.69) is 23.5 Å². The minimum Gasteiger partial charge on any atom is -0.348 e. The Balaban J connectivity index is 2.26. The zero-order chi connectivity index (χ0) is 18.9. The molecule has 7 nitrogen and oxygen atoms in total. The minimum absolute atomic E-state index is 0.00892. The van der Waals surface area contributed by atoms with Crippen LogP contribution in [0.1, 0.15) is 53.4 Å². The summed E-state index contributed by atoms with van der Waals surface area (Å²) in [6.45, 7) is 12.4. The van der Waals surface area contributed by atoms with Crippen LogP contribution in [0, 0.1) is 43.7 Å². The highest BCUT2D eigenvalue weighted by molar-refractivity contribution is 5.97. The normalized spacial score (nSPS) is 11.3. The second-order valence-corrected chi connectivity index (χ2v) is 6.98. The topological polar surface area (TPSA) is 83.0 Å². The van der Waals surface area contributed by atoms with Crippen LogP contribution in [0.5, 0.6) is 0 Å². The molecule has 2 aromatic heterocycles. The van der Waals surface area contributed by atoms with E-state index in [0.29, 0.717) is 22.9 Å². The highest BCUT2D eigenvalue weighted by atomic mass is 16.6. The van der Waals surface area contributed by atoms with Crippen molar-refractivity contribution in [3.8, 4) is 0 Å². The van der Waals surface area contributed by atoms with E-state index in [-0.39, 0.29) is 18.0 Å². The number of aryl methyl sites for hydroxylation is 2. The molecule has 0 aromatic carbocycles. The maximum atomic E-state index is 12.7. The summed E-state index contributed by atoms with van der Waals surface area (Å²) in [5, 5.41) is 15.3. The monoisotopic (exact) mass is 346 g/mol. The lowest BCUT2D eigenvalue weighted by atomic mass is 10.1. The first-order valence-corrected chi connectivity index (χ1v) is 8.51. The fourth-order valence-electron chi connectivity index (χ4n) is 3.14. The van der Waals surface area contributed by atoms with Crippen molar-refractivity contribution in [2.75, 3.05) is 0 Å². The van der Waals surface area contributed by atoms with Gasteiger partial charge in [-0.3, -0.25) is 19.6 Å². The molecular formula is C18H26N4O3. The van der Waals surface area contributed by atoms with Crippen LogP contribution in [0.15, 0.2) is 6.07 Å². The van der Waals surface area contributed by atoms with Gasteiger partial charge in [0.2, 0.25) is 0 Å². The van der Waals surface area contributed by atoms with E-state index in [4.69, 9.17) is 0 Å². The largest absolute Gasteiger partial charge is 0.348 e. The van der Waals surface area contributed by atoms with Crippen molar-refractivity contribution >= 4 is 11.5 Å². The average Bonchev–Trinajstić information content (AvgIpc) is 2.93. The number of aromatic nitrogens is 3. The molecular weight excluding hydrogens is 320 g/mol. The molecule has 0 unspecified atom stereocenters. The first-order chi connectivity index (χ1) is 11.6. The molecule has 0 fully saturated rings. The molecule has 0 amide bonds. The molecule has 2 heterocycles. The lowest BCUT2D eigenvalue weighted by molar-refractivity contribution is -0.386. The zero-order valence-corrected chi connectivity index (χ0v) is 15.8. The van der Waals surface area contributed by atoms with Crippen molar-refractivity contribution in [1.82, 2.24) is 14.3 Å². The Morgan fingerprint density at radius 1 is 1.24 bits per heavy atom. The van der Waals surface area contributed by atoms with Gasteiger partial charge in [0.15, 0.2) is 5.78 Å². The van der Waals surface area contributed by atoms with Gasteiger partial charge in [0, 0.05) is 23.5 Å². The van der Waals surface area contributed by atoms with Crippen LogP contribution >= 0.6 is 0 Å². The van der Waals surface area contributed by atoms with E-state index >= 15 is 0 Å². The SMILES string of the molecule is Cc1nn(CC(=O)c2cc(C)n(CCC(C)C)c2C)c(C)c1[N+](=O)[O-]. The van der Waals surface area contributed by atoms with Crippen molar-refractivity contribution in [3.63, 3.8) is 0 Å². The Morgan fingerprint density at radius 3 is 2.40 bits per heavy atom. The number of carbonyl (C=O) groups is 1.